The van der Waals surface area contributed by atoms with Crippen molar-refractivity contribution in [3.8, 4) is 23.3 Å². The highest BCUT2D eigenvalue weighted by Crippen LogP contribution is 2.40. The minimum absolute atomic E-state index is 0.356. The Bertz CT molecular complexity index is 1250. The molecule has 3 aromatic rings. The van der Waals surface area contributed by atoms with E-state index in [4.69, 9.17) is 37.4 Å². The van der Waals surface area contributed by atoms with Gasteiger partial charge in [0.2, 0.25) is 0 Å². The maximum atomic E-state index is 9.73. The molecule has 0 bridgehead atoms. The highest BCUT2D eigenvalue weighted by molar-refractivity contribution is 6.37. The van der Waals surface area contributed by atoms with Gasteiger partial charge >= 0.3 is 0 Å². The first-order valence-corrected chi connectivity index (χ1v) is 12.4. The lowest BCUT2D eigenvalue weighted by atomic mass is 10.1. The van der Waals surface area contributed by atoms with Crippen LogP contribution in [-0.4, -0.2) is 75.4 Å². The van der Waals surface area contributed by atoms with E-state index < -0.39 is 0 Å². The number of anilines is 2. The Hall–Kier alpha value is -2.96. The van der Waals surface area contributed by atoms with Crippen molar-refractivity contribution in [3.05, 3.63) is 46.1 Å². The summed E-state index contributed by atoms with van der Waals surface area (Å²) in [6.07, 6.45) is 2.44. The Morgan fingerprint density at radius 1 is 1.03 bits per heavy atom. The van der Waals surface area contributed by atoms with E-state index in [0.29, 0.717) is 61.7 Å². The summed E-state index contributed by atoms with van der Waals surface area (Å²) in [7, 11) is 5.25. The van der Waals surface area contributed by atoms with Crippen LogP contribution in [-0.2, 0) is 0 Å². The number of ether oxygens (including phenoxy) is 3. The van der Waals surface area contributed by atoms with Crippen LogP contribution in [0.2, 0.25) is 10.0 Å². The Morgan fingerprint density at radius 3 is 2.39 bits per heavy atom. The summed E-state index contributed by atoms with van der Waals surface area (Å²) in [5.74, 6) is 1.56. The minimum atomic E-state index is 0.356. The van der Waals surface area contributed by atoms with Crippen LogP contribution in [0.4, 0.5) is 11.4 Å². The van der Waals surface area contributed by atoms with Gasteiger partial charge < -0.3 is 29.3 Å². The quantitative estimate of drug-likeness (QED) is 0.379. The van der Waals surface area contributed by atoms with E-state index in [-0.39, 0.29) is 0 Å². The van der Waals surface area contributed by atoms with Crippen LogP contribution in [0, 0.1) is 11.3 Å². The van der Waals surface area contributed by atoms with Crippen molar-refractivity contribution in [3.63, 3.8) is 0 Å². The van der Waals surface area contributed by atoms with E-state index in [0.717, 1.165) is 39.1 Å². The zero-order valence-corrected chi connectivity index (χ0v) is 22.1. The monoisotopic (exact) mass is 529 g/mol. The number of rotatable bonds is 9. The lowest BCUT2D eigenvalue weighted by Crippen LogP contribution is -2.44. The topological polar surface area (TPSA) is 82.9 Å². The number of hydrogen-bond acceptors (Lipinski definition) is 8. The number of nitrogens with one attached hydrogen (secondary N) is 1. The second kappa shape index (κ2) is 11.8. The molecular weight excluding hydrogens is 501 g/mol. The zero-order chi connectivity index (χ0) is 25.7. The van der Waals surface area contributed by atoms with Gasteiger partial charge in [-0.1, -0.05) is 23.2 Å². The summed E-state index contributed by atoms with van der Waals surface area (Å²) in [6.45, 7) is 5.93. The Kier molecular flexibility index (Phi) is 8.60. The van der Waals surface area contributed by atoms with E-state index in [1.54, 1.807) is 19.2 Å². The summed E-state index contributed by atoms with van der Waals surface area (Å²) < 4.78 is 16.9. The third kappa shape index (κ3) is 5.88. The molecule has 0 radical (unpaired) electrons. The molecule has 2 aromatic carbocycles. The molecule has 2 heterocycles. The second-order valence-corrected chi connectivity index (χ2v) is 9.44. The van der Waals surface area contributed by atoms with Gasteiger partial charge in [0.25, 0.3) is 0 Å². The number of halogens is 2. The first-order valence-electron chi connectivity index (χ1n) is 11.7. The maximum absolute atomic E-state index is 9.73. The average molecular weight is 530 g/mol. The highest BCUT2D eigenvalue weighted by atomic mass is 35.5. The molecule has 36 heavy (non-hydrogen) atoms. The van der Waals surface area contributed by atoms with Crippen LogP contribution < -0.4 is 19.5 Å². The molecule has 0 spiro atoms. The van der Waals surface area contributed by atoms with Gasteiger partial charge in [0, 0.05) is 56.1 Å². The highest BCUT2D eigenvalue weighted by Gasteiger charge is 2.17. The number of methoxy groups -OCH3 is 2. The number of piperazine rings is 1. The fourth-order valence-corrected chi connectivity index (χ4v) is 4.85. The molecule has 8 nitrogen and oxygen atoms in total. The Labute approximate surface area is 221 Å². The first-order chi connectivity index (χ1) is 17.4. The van der Waals surface area contributed by atoms with Gasteiger partial charge in [-0.25, -0.2) is 0 Å². The predicted molar refractivity (Wildman–Crippen MR) is 143 cm³/mol. The van der Waals surface area contributed by atoms with Crippen LogP contribution in [0.25, 0.3) is 10.9 Å². The first kappa shape index (κ1) is 26.1. The number of fused-ring (bicyclic) bond motifs is 1. The number of benzene rings is 2. The predicted octanol–water partition coefficient (Wildman–Crippen LogP) is 5.19. The SMILES string of the molecule is COc1cc2c(Nc3cc(Cl)c(OC)c(Cl)c3)c(C#N)cnc2cc1OCCCN1CCN(C)CC1. The third-order valence-electron chi connectivity index (χ3n) is 6.22. The lowest BCUT2D eigenvalue weighted by Gasteiger charge is -2.32. The minimum Gasteiger partial charge on any atom is -0.494 e. The fourth-order valence-electron chi connectivity index (χ4n) is 4.20. The number of nitrogens with zero attached hydrogens (tertiary/aromatic N) is 4. The number of hydrogen-bond donors (Lipinski definition) is 1. The molecule has 1 aliphatic rings. The van der Waals surface area contributed by atoms with Gasteiger partial charge in [0.15, 0.2) is 17.2 Å². The van der Waals surface area contributed by atoms with Crippen LogP contribution in [0.5, 0.6) is 17.2 Å². The van der Waals surface area contributed by atoms with Crippen LogP contribution >= 0.6 is 23.2 Å². The van der Waals surface area contributed by atoms with Crippen molar-refractivity contribution in [2.45, 2.75) is 6.42 Å². The Balaban J connectivity index is 1.56. The second-order valence-electron chi connectivity index (χ2n) is 8.62. The van der Waals surface area contributed by atoms with Gasteiger partial charge in [-0.2, -0.15) is 5.26 Å². The normalized spacial score (nSPS) is 14.4. The summed E-state index contributed by atoms with van der Waals surface area (Å²) in [6, 6.07) is 9.24. The van der Waals surface area contributed by atoms with Crippen molar-refractivity contribution in [2.75, 3.05) is 65.9 Å². The molecule has 0 amide bonds. The smallest absolute Gasteiger partial charge is 0.163 e. The van der Waals surface area contributed by atoms with Crippen LogP contribution in [0.15, 0.2) is 30.5 Å². The number of aromatic nitrogens is 1. The molecule has 1 saturated heterocycles. The molecular formula is C26H29Cl2N5O3. The van der Waals surface area contributed by atoms with Gasteiger partial charge in [0.1, 0.15) is 6.07 Å². The van der Waals surface area contributed by atoms with Crippen molar-refractivity contribution >= 4 is 45.5 Å². The van der Waals surface area contributed by atoms with Gasteiger partial charge in [0.05, 0.1) is 47.6 Å². The van der Waals surface area contributed by atoms with Crippen molar-refractivity contribution in [1.82, 2.24) is 14.8 Å². The van der Waals surface area contributed by atoms with E-state index in [9.17, 15) is 5.26 Å². The van der Waals surface area contributed by atoms with Crippen molar-refractivity contribution in [1.29, 1.82) is 5.26 Å². The number of likely N-dealkylation sites (N-methyl/N-ethyl adjacent to an activating group) is 1. The number of pyridine rings is 1. The number of nitriles is 1. The summed E-state index contributed by atoms with van der Waals surface area (Å²) in [5.41, 5.74) is 2.21. The Morgan fingerprint density at radius 2 is 1.75 bits per heavy atom. The standard InChI is InChI=1S/C26H29Cl2N5O3/c1-32-6-8-33(9-7-32)5-4-10-36-24-14-22-19(13-23(24)34-2)25(17(15-29)16-30-22)31-18-11-20(27)26(35-3)21(28)12-18/h11-14,16H,4-10H2,1-3H3,(H,30,31). The lowest BCUT2D eigenvalue weighted by molar-refractivity contribution is 0.145. The average Bonchev–Trinajstić information content (AvgIpc) is 2.87. The molecule has 1 aromatic heterocycles. The van der Waals surface area contributed by atoms with Gasteiger partial charge in [-0.3, -0.25) is 4.98 Å². The fraction of sp³-hybridized carbons (Fsp3) is 0.385. The van der Waals surface area contributed by atoms with E-state index >= 15 is 0 Å². The molecule has 190 valence electrons. The molecule has 1 aliphatic heterocycles. The molecule has 4 rings (SSSR count). The van der Waals surface area contributed by atoms with Gasteiger partial charge in [-0.15, -0.1) is 0 Å². The molecule has 0 aliphatic carbocycles. The van der Waals surface area contributed by atoms with Gasteiger partial charge in [-0.05, 0) is 31.7 Å². The van der Waals surface area contributed by atoms with Crippen molar-refractivity contribution in [2.24, 2.45) is 0 Å². The molecule has 1 fully saturated rings. The molecule has 1 N–H and O–H groups in total. The van der Waals surface area contributed by atoms with E-state index in [2.05, 4.69) is 33.2 Å². The maximum Gasteiger partial charge on any atom is 0.163 e. The van der Waals surface area contributed by atoms with Crippen LogP contribution in [0.3, 0.4) is 0 Å². The molecule has 10 heteroatoms. The summed E-state index contributed by atoms with van der Waals surface area (Å²) in [4.78, 5) is 9.28. The van der Waals surface area contributed by atoms with E-state index in [1.807, 2.05) is 12.1 Å². The zero-order valence-electron chi connectivity index (χ0n) is 20.6. The van der Waals surface area contributed by atoms with Crippen molar-refractivity contribution < 1.29 is 14.2 Å². The van der Waals surface area contributed by atoms with E-state index in [1.165, 1.54) is 13.3 Å². The summed E-state index contributed by atoms with van der Waals surface area (Å²) >= 11 is 12.6. The third-order valence-corrected chi connectivity index (χ3v) is 6.78. The molecule has 0 saturated carbocycles. The largest absolute Gasteiger partial charge is 0.494 e. The molecule has 0 atom stereocenters. The summed E-state index contributed by atoms with van der Waals surface area (Å²) in [5, 5.41) is 14.4. The van der Waals surface area contributed by atoms with Crippen LogP contribution in [0.1, 0.15) is 12.0 Å². The molecule has 0 unspecified atom stereocenters.